The Labute approximate surface area is 143 Å². The van der Waals surface area contributed by atoms with Gasteiger partial charge in [0.2, 0.25) is 5.91 Å². The zero-order valence-corrected chi connectivity index (χ0v) is 14.7. The Hall–Kier alpha value is -1.88. The third-order valence-corrected chi connectivity index (χ3v) is 6.40. The van der Waals surface area contributed by atoms with Crippen molar-refractivity contribution in [3.8, 4) is 0 Å². The van der Waals surface area contributed by atoms with Crippen LogP contribution in [0.1, 0.15) is 25.3 Å². The van der Waals surface area contributed by atoms with Gasteiger partial charge in [-0.1, -0.05) is 42.5 Å². The second kappa shape index (κ2) is 6.93. The van der Waals surface area contributed by atoms with Gasteiger partial charge in [0, 0.05) is 12.5 Å². The Balaban J connectivity index is 1.54. The van der Waals surface area contributed by atoms with Crippen LogP contribution in [0, 0.1) is 5.92 Å². The van der Waals surface area contributed by atoms with Crippen LogP contribution >= 0.6 is 0 Å². The third-order valence-electron chi connectivity index (χ3n) is 4.56. The molecule has 1 saturated heterocycles. The Bertz CT molecular complexity index is 845. The van der Waals surface area contributed by atoms with Gasteiger partial charge in [-0.25, -0.2) is 8.42 Å². The molecule has 1 fully saturated rings. The summed E-state index contributed by atoms with van der Waals surface area (Å²) in [5.74, 6) is 0.296. The predicted molar refractivity (Wildman–Crippen MR) is 96.6 cm³/mol. The van der Waals surface area contributed by atoms with Gasteiger partial charge < -0.3 is 5.32 Å². The topological polar surface area (TPSA) is 63.2 Å². The molecule has 0 aliphatic carbocycles. The molecule has 0 unspecified atom stereocenters. The molecule has 1 aliphatic heterocycles. The molecule has 1 amide bonds. The summed E-state index contributed by atoms with van der Waals surface area (Å²) in [6.45, 7) is 1.98. The summed E-state index contributed by atoms with van der Waals surface area (Å²) in [7, 11) is -2.92. The Kier molecular flexibility index (Phi) is 4.90. The Morgan fingerprint density at radius 2 is 1.96 bits per heavy atom. The summed E-state index contributed by atoms with van der Waals surface area (Å²) in [5, 5.41) is 5.40. The number of hydrogen-bond acceptors (Lipinski definition) is 3. The highest BCUT2D eigenvalue weighted by Gasteiger charge is 2.29. The largest absolute Gasteiger partial charge is 0.353 e. The molecule has 0 saturated carbocycles. The fraction of sp³-hybridized carbons (Fsp3) is 0.421. The summed E-state index contributed by atoms with van der Waals surface area (Å²) < 4.78 is 22.9. The highest BCUT2D eigenvalue weighted by atomic mass is 32.2. The molecule has 2 atom stereocenters. The summed E-state index contributed by atoms with van der Waals surface area (Å²) in [4.78, 5) is 12.1. The van der Waals surface area contributed by atoms with Crippen LogP contribution in [-0.4, -0.2) is 31.9 Å². The van der Waals surface area contributed by atoms with Crippen LogP contribution in [0.3, 0.4) is 0 Å². The average Bonchev–Trinajstić information content (AvgIpc) is 2.85. The van der Waals surface area contributed by atoms with Crippen molar-refractivity contribution in [3.63, 3.8) is 0 Å². The molecule has 0 bridgehead atoms. The van der Waals surface area contributed by atoms with Gasteiger partial charge >= 0.3 is 0 Å². The molecule has 0 spiro atoms. The van der Waals surface area contributed by atoms with Gasteiger partial charge in [-0.3, -0.25) is 4.79 Å². The number of fused-ring (bicyclic) bond motifs is 1. The Morgan fingerprint density at radius 1 is 1.21 bits per heavy atom. The molecule has 128 valence electrons. The van der Waals surface area contributed by atoms with E-state index in [4.69, 9.17) is 0 Å². The average molecular weight is 345 g/mol. The third kappa shape index (κ3) is 4.35. The normalized spacial score (nSPS) is 20.8. The van der Waals surface area contributed by atoms with Crippen LogP contribution in [0.5, 0.6) is 0 Å². The zero-order chi connectivity index (χ0) is 17.2. The first-order valence-electron chi connectivity index (χ1n) is 8.39. The molecule has 3 rings (SSSR count). The minimum Gasteiger partial charge on any atom is -0.353 e. The van der Waals surface area contributed by atoms with Gasteiger partial charge in [-0.05, 0) is 42.0 Å². The van der Waals surface area contributed by atoms with Crippen molar-refractivity contribution in [3.05, 3.63) is 48.0 Å². The van der Waals surface area contributed by atoms with Gasteiger partial charge in [0.1, 0.15) is 0 Å². The van der Waals surface area contributed by atoms with E-state index >= 15 is 0 Å². The summed E-state index contributed by atoms with van der Waals surface area (Å²) in [6, 6.07) is 14.6. The molecule has 1 aliphatic rings. The number of hydrogen-bond donors (Lipinski definition) is 1. The fourth-order valence-electron chi connectivity index (χ4n) is 3.40. The molecule has 24 heavy (non-hydrogen) atoms. The number of carbonyl (C=O) groups is 1. The minimum absolute atomic E-state index is 0.0247. The van der Waals surface area contributed by atoms with Crippen molar-refractivity contribution < 1.29 is 13.2 Å². The van der Waals surface area contributed by atoms with Gasteiger partial charge in [0.05, 0.1) is 11.5 Å². The molecular weight excluding hydrogens is 322 g/mol. The first kappa shape index (κ1) is 17.0. The van der Waals surface area contributed by atoms with Gasteiger partial charge in [-0.2, -0.15) is 0 Å². The molecule has 1 heterocycles. The second-order valence-corrected chi connectivity index (χ2v) is 9.06. The molecule has 5 heteroatoms. The summed E-state index contributed by atoms with van der Waals surface area (Å²) in [6.07, 6.45) is 1.68. The molecular formula is C19H23NO3S. The lowest BCUT2D eigenvalue weighted by Gasteiger charge is -2.16. The maximum atomic E-state index is 12.1. The molecule has 1 N–H and O–H groups in total. The first-order chi connectivity index (χ1) is 11.4. The van der Waals surface area contributed by atoms with Crippen molar-refractivity contribution >= 4 is 26.5 Å². The van der Waals surface area contributed by atoms with Gasteiger partial charge in [0.25, 0.3) is 0 Å². The predicted octanol–water partition coefficient (Wildman–Crippen LogP) is 2.71. The van der Waals surface area contributed by atoms with Crippen molar-refractivity contribution in [2.24, 2.45) is 5.92 Å². The summed E-state index contributed by atoms with van der Waals surface area (Å²) >= 11 is 0. The van der Waals surface area contributed by atoms with Crippen molar-refractivity contribution in [1.82, 2.24) is 5.32 Å². The highest BCUT2D eigenvalue weighted by molar-refractivity contribution is 7.91. The minimum atomic E-state index is -2.92. The first-order valence-corrected chi connectivity index (χ1v) is 10.2. The molecule has 0 radical (unpaired) electrons. The van der Waals surface area contributed by atoms with Crippen molar-refractivity contribution in [2.45, 2.75) is 32.2 Å². The van der Waals surface area contributed by atoms with E-state index in [1.54, 1.807) is 0 Å². The number of rotatable bonds is 5. The maximum Gasteiger partial charge on any atom is 0.220 e. The van der Waals surface area contributed by atoms with E-state index in [0.29, 0.717) is 12.8 Å². The lowest BCUT2D eigenvalue weighted by atomic mass is 10.0. The monoisotopic (exact) mass is 345 g/mol. The van der Waals surface area contributed by atoms with E-state index in [1.165, 1.54) is 16.3 Å². The lowest BCUT2D eigenvalue weighted by molar-refractivity contribution is -0.122. The molecule has 2 aromatic carbocycles. The highest BCUT2D eigenvalue weighted by Crippen LogP contribution is 2.21. The van der Waals surface area contributed by atoms with Crippen molar-refractivity contribution in [2.75, 3.05) is 11.5 Å². The zero-order valence-electron chi connectivity index (χ0n) is 13.9. The van der Waals surface area contributed by atoms with Gasteiger partial charge in [0.15, 0.2) is 9.84 Å². The van der Waals surface area contributed by atoms with E-state index in [2.05, 4.69) is 35.6 Å². The number of carbonyl (C=O) groups excluding carboxylic acids is 1. The lowest BCUT2D eigenvalue weighted by Crippen LogP contribution is -2.35. The number of nitrogens with one attached hydrogen (secondary N) is 1. The van der Waals surface area contributed by atoms with E-state index in [0.717, 1.165) is 6.42 Å². The van der Waals surface area contributed by atoms with Crippen molar-refractivity contribution in [1.29, 1.82) is 0 Å². The van der Waals surface area contributed by atoms with Crippen LogP contribution in [0.4, 0.5) is 0 Å². The van der Waals surface area contributed by atoms with E-state index in [9.17, 15) is 13.2 Å². The van der Waals surface area contributed by atoms with Crippen LogP contribution in [-0.2, 0) is 21.1 Å². The van der Waals surface area contributed by atoms with Gasteiger partial charge in [-0.15, -0.1) is 0 Å². The maximum absolute atomic E-state index is 12.1. The van der Waals surface area contributed by atoms with Crippen LogP contribution in [0.2, 0.25) is 0 Å². The molecule has 0 aromatic heterocycles. The molecule has 4 nitrogen and oxygen atoms in total. The number of amides is 1. The van der Waals surface area contributed by atoms with Crippen LogP contribution in [0.15, 0.2) is 42.5 Å². The number of sulfone groups is 1. The van der Waals surface area contributed by atoms with Crippen LogP contribution in [0.25, 0.3) is 10.8 Å². The second-order valence-electron chi connectivity index (χ2n) is 6.83. The standard InChI is InChI=1S/C19H23NO3S/c1-14(20-19(21)12-16-8-9-24(22,23)13-16)10-15-6-7-17-4-2-3-5-18(17)11-15/h2-7,11,14,16H,8-10,12-13H2,1H3,(H,20,21)/t14-,16-/m1/s1. The summed E-state index contributed by atoms with van der Waals surface area (Å²) in [5.41, 5.74) is 1.19. The van der Waals surface area contributed by atoms with E-state index in [-0.39, 0.29) is 29.4 Å². The quantitative estimate of drug-likeness (QED) is 0.906. The van der Waals surface area contributed by atoms with E-state index < -0.39 is 9.84 Å². The Morgan fingerprint density at radius 3 is 2.67 bits per heavy atom. The number of benzene rings is 2. The SMILES string of the molecule is C[C@H](Cc1ccc2ccccc2c1)NC(=O)C[C@H]1CCS(=O)(=O)C1. The molecule has 2 aromatic rings. The smallest absolute Gasteiger partial charge is 0.220 e. The fourth-order valence-corrected chi connectivity index (χ4v) is 5.26. The van der Waals surface area contributed by atoms with Crippen LogP contribution < -0.4 is 5.32 Å². The van der Waals surface area contributed by atoms with E-state index in [1.807, 2.05) is 19.1 Å².